The third-order valence-electron chi connectivity index (χ3n) is 4.37. The first-order valence-corrected chi connectivity index (χ1v) is 9.02. The van der Waals surface area contributed by atoms with Crippen molar-refractivity contribution >= 4 is 0 Å². The summed E-state index contributed by atoms with van der Waals surface area (Å²) in [6.45, 7) is 10.8. The fraction of sp³-hybridized carbons (Fsp3) is 0.684. The average Bonchev–Trinajstić information content (AvgIpc) is 2.58. The second-order valence-corrected chi connectivity index (χ2v) is 6.38. The van der Waals surface area contributed by atoms with Gasteiger partial charge in [0, 0.05) is 39.3 Å². The lowest BCUT2D eigenvalue weighted by atomic mass is 9.96. The molecule has 2 rings (SSSR count). The number of piperazine rings is 1. The maximum absolute atomic E-state index is 13.3. The Morgan fingerprint density at radius 2 is 1.56 bits per heavy atom. The molecule has 0 radical (unpaired) electrons. The van der Waals surface area contributed by atoms with Gasteiger partial charge in [0.1, 0.15) is 6.67 Å². The Morgan fingerprint density at radius 3 is 2.04 bits per heavy atom. The number of hydrogen-bond donors (Lipinski definition) is 0. The van der Waals surface area contributed by atoms with Gasteiger partial charge in [-0.3, -0.25) is 9.80 Å². The summed E-state index contributed by atoms with van der Waals surface area (Å²) in [7, 11) is 0. The van der Waals surface area contributed by atoms with Crippen molar-refractivity contribution in [3.05, 3.63) is 34.9 Å². The Morgan fingerprint density at radius 1 is 1.00 bits per heavy atom. The molecule has 0 amide bonds. The van der Waals surface area contributed by atoms with Crippen molar-refractivity contribution in [1.82, 2.24) is 9.80 Å². The molecule has 1 saturated heterocycles. The van der Waals surface area contributed by atoms with Gasteiger partial charge in [-0.15, -0.1) is 0 Å². The van der Waals surface area contributed by atoms with Crippen LogP contribution in [0.1, 0.15) is 50.3 Å². The van der Waals surface area contributed by atoms with E-state index in [1.807, 2.05) is 37.5 Å². The van der Waals surface area contributed by atoms with Crippen LogP contribution in [0.2, 0.25) is 0 Å². The molecule has 1 heterocycles. The highest BCUT2D eigenvalue weighted by Gasteiger charge is 2.34. The molecule has 0 atom stereocenters. The van der Waals surface area contributed by atoms with E-state index in [0.717, 1.165) is 0 Å². The summed E-state index contributed by atoms with van der Waals surface area (Å²) in [6, 6.07) is 4.67. The summed E-state index contributed by atoms with van der Waals surface area (Å²) in [6.07, 6.45) is -4.34. The highest BCUT2D eigenvalue weighted by atomic mass is 19.4. The predicted octanol–water partition coefficient (Wildman–Crippen LogP) is 4.94. The fourth-order valence-electron chi connectivity index (χ4n) is 2.89. The smallest absolute Gasteiger partial charge is 0.298 e. The maximum Gasteiger partial charge on any atom is 0.416 e. The van der Waals surface area contributed by atoms with Gasteiger partial charge in [0.25, 0.3) is 0 Å². The lowest BCUT2D eigenvalue weighted by Crippen LogP contribution is -2.46. The lowest BCUT2D eigenvalue weighted by molar-refractivity contribution is -0.138. The van der Waals surface area contributed by atoms with E-state index in [1.54, 1.807) is 12.1 Å². The second-order valence-electron chi connectivity index (χ2n) is 6.38. The molecule has 1 aliphatic rings. The molecular formula is C19H30F4N2. The molecule has 1 fully saturated rings. The highest BCUT2D eigenvalue weighted by molar-refractivity contribution is 5.35. The van der Waals surface area contributed by atoms with Crippen molar-refractivity contribution in [3.8, 4) is 0 Å². The van der Waals surface area contributed by atoms with Crippen LogP contribution in [-0.2, 0) is 12.7 Å². The summed E-state index contributed by atoms with van der Waals surface area (Å²) in [5, 5.41) is 0. The number of halogens is 4. The summed E-state index contributed by atoms with van der Waals surface area (Å²) >= 11 is 0. The van der Waals surface area contributed by atoms with Gasteiger partial charge in [-0.05, 0) is 23.1 Å². The normalized spacial score (nSPS) is 16.7. The van der Waals surface area contributed by atoms with Gasteiger partial charge in [-0.2, -0.15) is 13.2 Å². The van der Waals surface area contributed by atoms with E-state index in [9.17, 15) is 17.6 Å². The van der Waals surface area contributed by atoms with Crippen LogP contribution >= 0.6 is 0 Å². The van der Waals surface area contributed by atoms with Crippen LogP contribution in [0.4, 0.5) is 17.6 Å². The third-order valence-corrected chi connectivity index (χ3v) is 4.37. The van der Waals surface area contributed by atoms with Gasteiger partial charge >= 0.3 is 6.18 Å². The number of nitrogens with zero attached hydrogens (tertiary/aromatic N) is 2. The largest absolute Gasteiger partial charge is 0.416 e. The zero-order valence-electron chi connectivity index (χ0n) is 15.7. The quantitative estimate of drug-likeness (QED) is 0.685. The molecule has 0 bridgehead atoms. The van der Waals surface area contributed by atoms with E-state index in [1.165, 1.54) is 6.07 Å². The van der Waals surface area contributed by atoms with Crippen molar-refractivity contribution in [2.24, 2.45) is 0 Å². The Bertz CT molecular complexity index is 507. The molecule has 0 unspecified atom stereocenters. The van der Waals surface area contributed by atoms with Crippen LogP contribution < -0.4 is 0 Å². The van der Waals surface area contributed by atoms with Gasteiger partial charge in [0.05, 0.1) is 5.56 Å². The Hall–Kier alpha value is -1.14. The van der Waals surface area contributed by atoms with Crippen LogP contribution in [0.5, 0.6) is 0 Å². The lowest BCUT2D eigenvalue weighted by Gasteiger charge is -2.34. The van der Waals surface area contributed by atoms with Gasteiger partial charge < -0.3 is 0 Å². The summed E-state index contributed by atoms with van der Waals surface area (Å²) in [5.41, 5.74) is 0.490. The molecule has 0 aromatic heterocycles. The number of alkyl halides is 4. The Labute approximate surface area is 148 Å². The zero-order valence-corrected chi connectivity index (χ0v) is 15.7. The summed E-state index contributed by atoms with van der Waals surface area (Å²) < 4.78 is 52.3. The molecule has 0 N–H and O–H groups in total. The molecule has 2 nitrogen and oxygen atoms in total. The highest BCUT2D eigenvalue weighted by Crippen LogP contribution is 2.34. The summed E-state index contributed by atoms with van der Waals surface area (Å²) in [5.74, 6) is 0.0643. The number of benzene rings is 1. The molecule has 1 aromatic carbocycles. The van der Waals surface area contributed by atoms with E-state index in [4.69, 9.17) is 0 Å². The average molecular weight is 362 g/mol. The first-order valence-electron chi connectivity index (χ1n) is 9.02. The van der Waals surface area contributed by atoms with Crippen molar-refractivity contribution in [3.63, 3.8) is 0 Å². The SMILES string of the molecule is CC.CC(C)c1ccc(CN2CCN(CCF)CC2)c(C(F)(F)F)c1. The predicted molar refractivity (Wildman–Crippen MR) is 94.6 cm³/mol. The zero-order chi connectivity index (χ0) is 19.0. The topological polar surface area (TPSA) is 6.48 Å². The first-order chi connectivity index (χ1) is 11.8. The minimum atomic E-state index is -4.34. The van der Waals surface area contributed by atoms with E-state index in [2.05, 4.69) is 0 Å². The van der Waals surface area contributed by atoms with Crippen LogP contribution in [-0.4, -0.2) is 49.2 Å². The molecule has 25 heavy (non-hydrogen) atoms. The van der Waals surface area contributed by atoms with E-state index >= 15 is 0 Å². The Balaban J connectivity index is 0.00000151. The van der Waals surface area contributed by atoms with Crippen molar-refractivity contribution in [2.45, 2.75) is 46.3 Å². The van der Waals surface area contributed by atoms with E-state index in [-0.39, 0.29) is 19.1 Å². The minimum absolute atomic E-state index is 0.0643. The van der Waals surface area contributed by atoms with Crippen molar-refractivity contribution in [1.29, 1.82) is 0 Å². The second kappa shape index (κ2) is 10.1. The van der Waals surface area contributed by atoms with Gasteiger partial charge in [0.15, 0.2) is 0 Å². The van der Waals surface area contributed by atoms with Crippen molar-refractivity contribution < 1.29 is 17.6 Å². The van der Waals surface area contributed by atoms with Crippen molar-refractivity contribution in [2.75, 3.05) is 39.4 Å². The molecule has 0 spiro atoms. The van der Waals surface area contributed by atoms with Crippen LogP contribution in [0, 0.1) is 0 Å². The van der Waals surface area contributed by atoms with E-state index in [0.29, 0.717) is 43.9 Å². The molecule has 0 aliphatic carbocycles. The standard InChI is InChI=1S/C17H24F4N2.C2H6/c1-13(2)14-3-4-15(16(11-14)17(19,20)21)12-23-9-7-22(6-5-18)8-10-23;1-2/h3-4,11,13H,5-10,12H2,1-2H3;1-2H3. The summed E-state index contributed by atoms with van der Waals surface area (Å²) in [4.78, 5) is 4.01. The number of rotatable bonds is 5. The monoisotopic (exact) mass is 362 g/mol. The maximum atomic E-state index is 13.3. The van der Waals surface area contributed by atoms with Gasteiger partial charge in [-0.1, -0.05) is 39.8 Å². The van der Waals surface area contributed by atoms with Gasteiger partial charge in [0.2, 0.25) is 0 Å². The molecule has 0 saturated carbocycles. The van der Waals surface area contributed by atoms with Crippen LogP contribution in [0.15, 0.2) is 18.2 Å². The molecule has 1 aromatic rings. The first kappa shape index (κ1) is 21.9. The van der Waals surface area contributed by atoms with Gasteiger partial charge in [-0.25, -0.2) is 4.39 Å². The Kier molecular flexibility index (Phi) is 8.86. The molecule has 6 heteroatoms. The molecular weight excluding hydrogens is 332 g/mol. The number of hydrogen-bond acceptors (Lipinski definition) is 2. The van der Waals surface area contributed by atoms with Crippen LogP contribution in [0.25, 0.3) is 0 Å². The third kappa shape index (κ3) is 6.59. The van der Waals surface area contributed by atoms with E-state index < -0.39 is 11.7 Å². The van der Waals surface area contributed by atoms with Crippen LogP contribution in [0.3, 0.4) is 0 Å². The molecule has 1 aliphatic heterocycles. The molecule has 144 valence electrons. The fourth-order valence-corrected chi connectivity index (χ4v) is 2.89. The minimum Gasteiger partial charge on any atom is -0.298 e.